The highest BCUT2D eigenvalue weighted by atomic mass is 16.7. The number of rotatable bonds is 6. The van der Waals surface area contributed by atoms with Gasteiger partial charge >= 0.3 is 5.97 Å². The molecule has 0 bridgehead atoms. The van der Waals surface area contributed by atoms with Crippen molar-refractivity contribution in [3.8, 4) is 0 Å². The molecule has 21 heavy (non-hydrogen) atoms. The fourth-order valence-electron chi connectivity index (χ4n) is 2.94. The fraction of sp³-hybridized carbons (Fsp3) is 0.933. The van der Waals surface area contributed by atoms with Crippen LogP contribution in [0.5, 0.6) is 0 Å². The molecule has 6 heteroatoms. The lowest BCUT2D eigenvalue weighted by molar-refractivity contribution is -0.284. The van der Waals surface area contributed by atoms with E-state index in [1.807, 2.05) is 6.92 Å². The number of carbonyl (C=O) groups is 1. The van der Waals surface area contributed by atoms with E-state index < -0.39 is 30.6 Å². The summed E-state index contributed by atoms with van der Waals surface area (Å²) in [7, 11) is 0. The zero-order valence-corrected chi connectivity index (χ0v) is 12.8. The predicted octanol–water partition coefficient (Wildman–Crippen LogP) is 0.995. The molecule has 0 spiro atoms. The number of aliphatic hydroxyl groups is 2. The van der Waals surface area contributed by atoms with Gasteiger partial charge in [0.25, 0.3) is 0 Å². The first-order valence-corrected chi connectivity index (χ1v) is 7.71. The van der Waals surface area contributed by atoms with Gasteiger partial charge in [-0.05, 0) is 39.0 Å². The molecular weight excluding hydrogens is 276 g/mol. The van der Waals surface area contributed by atoms with Crippen molar-refractivity contribution in [3.63, 3.8) is 0 Å². The van der Waals surface area contributed by atoms with Crippen LogP contribution < -0.4 is 0 Å². The van der Waals surface area contributed by atoms with Gasteiger partial charge in [0.2, 0.25) is 0 Å². The largest absolute Gasteiger partial charge is 0.481 e. The molecule has 2 fully saturated rings. The summed E-state index contributed by atoms with van der Waals surface area (Å²) < 4.78 is 11.4. The molecule has 8 atom stereocenters. The number of carboxylic acids is 1. The Balaban J connectivity index is 1.74. The van der Waals surface area contributed by atoms with Crippen molar-refractivity contribution in [1.82, 2.24) is 0 Å². The zero-order chi connectivity index (χ0) is 15.7. The van der Waals surface area contributed by atoms with Crippen LogP contribution >= 0.6 is 0 Å². The third-order valence-corrected chi connectivity index (χ3v) is 4.70. The average molecular weight is 302 g/mol. The van der Waals surface area contributed by atoms with E-state index in [2.05, 4.69) is 0 Å². The molecule has 1 aliphatic carbocycles. The van der Waals surface area contributed by atoms with Crippen LogP contribution in [0.4, 0.5) is 0 Å². The van der Waals surface area contributed by atoms with Gasteiger partial charge in [-0.1, -0.05) is 6.92 Å². The van der Waals surface area contributed by atoms with Crippen molar-refractivity contribution in [2.75, 3.05) is 0 Å². The Bertz CT molecular complexity index is 373. The van der Waals surface area contributed by atoms with Gasteiger partial charge in [-0.3, -0.25) is 4.79 Å². The van der Waals surface area contributed by atoms with Crippen molar-refractivity contribution < 1.29 is 29.6 Å². The first-order chi connectivity index (χ1) is 9.81. The first kappa shape index (κ1) is 16.7. The molecule has 0 unspecified atom stereocenters. The Morgan fingerprint density at radius 3 is 2.57 bits per heavy atom. The molecule has 1 saturated carbocycles. The van der Waals surface area contributed by atoms with Crippen LogP contribution in [-0.2, 0) is 14.3 Å². The summed E-state index contributed by atoms with van der Waals surface area (Å²) in [6.07, 6.45) is -0.448. The van der Waals surface area contributed by atoms with E-state index in [4.69, 9.17) is 14.6 Å². The minimum atomic E-state index is -0.891. The van der Waals surface area contributed by atoms with Gasteiger partial charge in [0, 0.05) is 5.92 Å². The third-order valence-electron chi connectivity index (χ3n) is 4.70. The van der Waals surface area contributed by atoms with E-state index in [0.29, 0.717) is 0 Å². The maximum Gasteiger partial charge on any atom is 0.306 e. The second-order valence-electron chi connectivity index (χ2n) is 6.51. The van der Waals surface area contributed by atoms with Crippen LogP contribution in [0, 0.1) is 17.8 Å². The third kappa shape index (κ3) is 3.94. The second-order valence-corrected chi connectivity index (χ2v) is 6.51. The quantitative estimate of drug-likeness (QED) is 0.677. The molecule has 1 heterocycles. The molecule has 0 aromatic heterocycles. The Morgan fingerprint density at radius 1 is 1.33 bits per heavy atom. The molecule has 2 aliphatic rings. The maximum absolute atomic E-state index is 10.8. The normalized spacial score (nSPS) is 44.3. The number of carboxylic acid groups (broad SMARTS) is 1. The van der Waals surface area contributed by atoms with Crippen LogP contribution in [0.1, 0.15) is 40.0 Å². The maximum atomic E-state index is 10.8. The van der Waals surface area contributed by atoms with E-state index in [0.717, 1.165) is 19.3 Å². The number of aliphatic hydroxyl groups excluding tert-OH is 2. The van der Waals surface area contributed by atoms with Crippen molar-refractivity contribution in [2.24, 2.45) is 17.8 Å². The Kier molecular flexibility index (Phi) is 5.24. The van der Waals surface area contributed by atoms with Crippen LogP contribution in [0.25, 0.3) is 0 Å². The fourth-order valence-corrected chi connectivity index (χ4v) is 2.94. The summed E-state index contributed by atoms with van der Waals surface area (Å²) in [5.41, 5.74) is 0. The Morgan fingerprint density at radius 2 is 2.00 bits per heavy atom. The summed E-state index contributed by atoms with van der Waals surface area (Å²) in [4.78, 5) is 10.8. The Labute approximate surface area is 125 Å². The molecule has 122 valence electrons. The highest BCUT2D eigenvalue weighted by Gasteiger charge is 2.43. The molecule has 0 aromatic carbocycles. The number of hydrogen-bond acceptors (Lipinski definition) is 5. The van der Waals surface area contributed by atoms with Gasteiger partial charge in [0.05, 0.1) is 24.2 Å². The van der Waals surface area contributed by atoms with E-state index >= 15 is 0 Å². The number of ether oxygens (including phenoxy) is 2. The van der Waals surface area contributed by atoms with Crippen LogP contribution in [0.15, 0.2) is 0 Å². The van der Waals surface area contributed by atoms with Crippen molar-refractivity contribution in [3.05, 3.63) is 0 Å². The summed E-state index contributed by atoms with van der Waals surface area (Å²) >= 11 is 0. The summed E-state index contributed by atoms with van der Waals surface area (Å²) in [6, 6.07) is 0. The van der Waals surface area contributed by atoms with E-state index in [1.54, 1.807) is 13.8 Å². The molecule has 1 aliphatic heterocycles. The van der Waals surface area contributed by atoms with Crippen LogP contribution in [0.3, 0.4) is 0 Å². The molecule has 6 nitrogen and oxygen atoms in total. The topological polar surface area (TPSA) is 96.2 Å². The van der Waals surface area contributed by atoms with Crippen molar-refractivity contribution in [2.45, 2.75) is 70.7 Å². The van der Waals surface area contributed by atoms with Gasteiger partial charge in [-0.15, -0.1) is 0 Å². The van der Waals surface area contributed by atoms with Gasteiger partial charge < -0.3 is 24.8 Å². The monoisotopic (exact) mass is 302 g/mol. The van der Waals surface area contributed by atoms with Gasteiger partial charge in [0.15, 0.2) is 6.29 Å². The van der Waals surface area contributed by atoms with Gasteiger partial charge in [-0.25, -0.2) is 0 Å². The smallest absolute Gasteiger partial charge is 0.306 e. The SMILES string of the molecule is C[C@@H]1[C@H](O[C@H](C)CC[C@@H]2C[C@@H]2C(=O)O)O[C@@H](C)[C@@H](O)[C@H]1O. The molecule has 2 rings (SSSR count). The lowest BCUT2D eigenvalue weighted by Crippen LogP contribution is -2.53. The molecule has 0 amide bonds. The predicted molar refractivity (Wildman–Crippen MR) is 74.5 cm³/mol. The average Bonchev–Trinajstić information content (AvgIpc) is 3.20. The highest BCUT2D eigenvalue weighted by Crippen LogP contribution is 2.42. The van der Waals surface area contributed by atoms with Crippen LogP contribution in [0.2, 0.25) is 0 Å². The minimum absolute atomic E-state index is 0.0675. The molecular formula is C15H26O6. The molecule has 0 aromatic rings. The van der Waals surface area contributed by atoms with Crippen molar-refractivity contribution >= 4 is 5.97 Å². The zero-order valence-electron chi connectivity index (χ0n) is 12.8. The summed E-state index contributed by atoms with van der Waals surface area (Å²) in [6.45, 7) is 5.43. The Hall–Kier alpha value is -0.690. The second kappa shape index (κ2) is 6.60. The van der Waals surface area contributed by atoms with Crippen LogP contribution in [-0.4, -0.2) is 52.0 Å². The summed E-state index contributed by atoms with van der Waals surface area (Å²) in [5, 5.41) is 28.6. The lowest BCUT2D eigenvalue weighted by Gasteiger charge is -2.41. The van der Waals surface area contributed by atoms with Gasteiger partial charge in [-0.2, -0.15) is 0 Å². The first-order valence-electron chi connectivity index (χ1n) is 7.71. The van der Waals surface area contributed by atoms with E-state index in [1.165, 1.54) is 0 Å². The van der Waals surface area contributed by atoms with Gasteiger partial charge in [0.1, 0.15) is 6.10 Å². The molecule has 1 saturated heterocycles. The highest BCUT2D eigenvalue weighted by molar-refractivity contribution is 5.73. The molecule has 3 N–H and O–H groups in total. The minimum Gasteiger partial charge on any atom is -0.481 e. The van der Waals surface area contributed by atoms with E-state index in [9.17, 15) is 15.0 Å². The molecule has 0 radical (unpaired) electrons. The van der Waals surface area contributed by atoms with Crippen molar-refractivity contribution in [1.29, 1.82) is 0 Å². The number of hydrogen-bond donors (Lipinski definition) is 3. The lowest BCUT2D eigenvalue weighted by atomic mass is 9.93. The standard InChI is InChI=1S/C15H26O6/c1-7(4-5-10-6-11(10)14(18)19)20-15-8(2)12(16)13(17)9(3)21-15/h7-13,15-17H,4-6H2,1-3H3,(H,18,19)/t7-,8+,9+,10-,11+,12+,13-,15-/m1/s1. The summed E-state index contributed by atoms with van der Waals surface area (Å²) in [5.74, 6) is -0.918. The van der Waals surface area contributed by atoms with E-state index in [-0.39, 0.29) is 23.9 Å². The number of aliphatic carboxylic acids is 1.